The molecule has 1 rings (SSSR count). The second-order valence-corrected chi connectivity index (χ2v) is 2.41. The van der Waals surface area contributed by atoms with Crippen molar-refractivity contribution in [2.24, 2.45) is 5.73 Å². The lowest BCUT2D eigenvalue weighted by Gasteiger charge is -2.05. The fourth-order valence-corrected chi connectivity index (χ4v) is 0.876. The number of nitrogens with two attached hydrogens (primary N) is 1. The molecule has 0 aliphatic rings. The molecule has 0 amide bonds. The van der Waals surface area contributed by atoms with E-state index < -0.39 is 0 Å². The lowest BCUT2D eigenvalue weighted by atomic mass is 10.2. The maximum Gasteiger partial charge on any atom is 0.0579 e. The standard InChI is InChI=1S/C7H10N2S/c8-6(5-10)7-3-1-2-4-9-7/h1-4,6,10H,5,8H2. The molecule has 2 N–H and O–H groups in total. The lowest BCUT2D eigenvalue weighted by Crippen LogP contribution is -2.12. The number of rotatable bonds is 2. The molecule has 0 fully saturated rings. The maximum atomic E-state index is 5.66. The molecule has 1 aromatic heterocycles. The number of hydrogen-bond donors (Lipinski definition) is 2. The van der Waals surface area contributed by atoms with Crippen molar-refractivity contribution >= 4 is 12.6 Å². The molecular weight excluding hydrogens is 144 g/mol. The third kappa shape index (κ3) is 1.72. The molecule has 2 nitrogen and oxygen atoms in total. The van der Waals surface area contributed by atoms with Crippen molar-refractivity contribution in [3.8, 4) is 0 Å². The van der Waals surface area contributed by atoms with Gasteiger partial charge in [0.05, 0.1) is 11.7 Å². The minimum absolute atomic E-state index is 0.0375. The van der Waals surface area contributed by atoms with Gasteiger partial charge in [0.1, 0.15) is 0 Å². The van der Waals surface area contributed by atoms with E-state index in [0.29, 0.717) is 5.75 Å². The molecule has 1 unspecified atom stereocenters. The molecule has 3 heteroatoms. The van der Waals surface area contributed by atoms with Crippen molar-refractivity contribution < 1.29 is 0 Å². The molecule has 0 aromatic carbocycles. The third-order valence-corrected chi connectivity index (χ3v) is 1.66. The molecule has 0 saturated carbocycles. The summed E-state index contributed by atoms with van der Waals surface area (Å²) in [6, 6.07) is 5.66. The van der Waals surface area contributed by atoms with Crippen LogP contribution in [0.1, 0.15) is 11.7 Å². The van der Waals surface area contributed by atoms with Crippen LogP contribution < -0.4 is 5.73 Å². The number of hydrogen-bond acceptors (Lipinski definition) is 3. The van der Waals surface area contributed by atoms with Crippen LogP contribution in [0.15, 0.2) is 24.4 Å². The Morgan fingerprint density at radius 2 is 2.40 bits per heavy atom. The summed E-state index contributed by atoms with van der Waals surface area (Å²) >= 11 is 4.06. The number of pyridine rings is 1. The molecule has 10 heavy (non-hydrogen) atoms. The monoisotopic (exact) mass is 154 g/mol. The van der Waals surface area contributed by atoms with Gasteiger partial charge >= 0.3 is 0 Å². The second kappa shape index (κ2) is 3.58. The average Bonchev–Trinajstić information content (AvgIpc) is 2.05. The van der Waals surface area contributed by atoms with Crippen LogP contribution in [0.3, 0.4) is 0 Å². The Kier molecular flexibility index (Phi) is 2.71. The largest absolute Gasteiger partial charge is 0.322 e. The first kappa shape index (κ1) is 7.57. The van der Waals surface area contributed by atoms with Gasteiger partial charge < -0.3 is 5.73 Å². The van der Waals surface area contributed by atoms with E-state index in [1.807, 2.05) is 18.2 Å². The van der Waals surface area contributed by atoms with Gasteiger partial charge in [-0.25, -0.2) is 0 Å². The summed E-state index contributed by atoms with van der Waals surface area (Å²) in [6.45, 7) is 0. The van der Waals surface area contributed by atoms with Crippen LogP contribution in [0, 0.1) is 0 Å². The van der Waals surface area contributed by atoms with Gasteiger partial charge in [0.25, 0.3) is 0 Å². The van der Waals surface area contributed by atoms with Gasteiger partial charge in [0.15, 0.2) is 0 Å². The van der Waals surface area contributed by atoms with Gasteiger partial charge in [-0.15, -0.1) is 0 Å². The predicted molar refractivity (Wildman–Crippen MR) is 45.0 cm³/mol. The van der Waals surface area contributed by atoms with E-state index in [0.717, 1.165) is 5.69 Å². The van der Waals surface area contributed by atoms with Crippen molar-refractivity contribution in [3.63, 3.8) is 0 Å². The molecule has 0 saturated heterocycles. The fraction of sp³-hybridized carbons (Fsp3) is 0.286. The molecule has 0 aliphatic carbocycles. The van der Waals surface area contributed by atoms with Crippen LogP contribution >= 0.6 is 12.6 Å². The smallest absolute Gasteiger partial charge is 0.0579 e. The summed E-state index contributed by atoms with van der Waals surface area (Å²) in [5.74, 6) is 0.636. The number of aromatic nitrogens is 1. The Labute approximate surface area is 65.9 Å². The fourth-order valence-electron chi connectivity index (χ4n) is 0.689. The minimum Gasteiger partial charge on any atom is -0.322 e. The highest BCUT2D eigenvalue weighted by Crippen LogP contribution is 2.05. The first-order valence-corrected chi connectivity index (χ1v) is 3.75. The van der Waals surface area contributed by atoms with E-state index in [-0.39, 0.29) is 6.04 Å². The topological polar surface area (TPSA) is 38.9 Å². The molecular formula is C7H10N2S. The number of thiol groups is 1. The first-order valence-electron chi connectivity index (χ1n) is 3.12. The Balaban J connectivity index is 2.75. The summed E-state index contributed by atoms with van der Waals surface area (Å²) in [5, 5.41) is 0. The summed E-state index contributed by atoms with van der Waals surface area (Å²) in [4.78, 5) is 4.08. The highest BCUT2D eigenvalue weighted by atomic mass is 32.1. The van der Waals surface area contributed by atoms with Crippen LogP contribution in [-0.2, 0) is 0 Å². The van der Waals surface area contributed by atoms with Crippen LogP contribution in [0.5, 0.6) is 0 Å². The Bertz CT molecular complexity index is 188. The molecule has 0 radical (unpaired) electrons. The molecule has 54 valence electrons. The van der Waals surface area contributed by atoms with Crippen molar-refractivity contribution in [2.45, 2.75) is 6.04 Å². The normalized spacial score (nSPS) is 13.0. The van der Waals surface area contributed by atoms with E-state index in [1.54, 1.807) is 6.20 Å². The molecule has 1 heterocycles. The highest BCUT2D eigenvalue weighted by molar-refractivity contribution is 7.80. The quantitative estimate of drug-likeness (QED) is 0.624. The molecule has 0 aliphatic heterocycles. The third-order valence-electron chi connectivity index (χ3n) is 1.26. The van der Waals surface area contributed by atoms with Crippen LogP contribution in [0.25, 0.3) is 0 Å². The van der Waals surface area contributed by atoms with Crippen molar-refractivity contribution in [3.05, 3.63) is 30.1 Å². The summed E-state index contributed by atoms with van der Waals surface area (Å²) in [7, 11) is 0. The summed E-state index contributed by atoms with van der Waals surface area (Å²) in [5.41, 5.74) is 6.56. The minimum atomic E-state index is -0.0375. The Hall–Kier alpha value is -0.540. The van der Waals surface area contributed by atoms with Gasteiger partial charge in [0, 0.05) is 11.9 Å². The zero-order valence-corrected chi connectivity index (χ0v) is 6.46. The Morgan fingerprint density at radius 1 is 1.60 bits per heavy atom. The zero-order valence-electron chi connectivity index (χ0n) is 5.57. The lowest BCUT2D eigenvalue weighted by molar-refractivity contribution is 0.795. The molecule has 1 atom stereocenters. The van der Waals surface area contributed by atoms with E-state index in [1.165, 1.54) is 0 Å². The second-order valence-electron chi connectivity index (χ2n) is 2.04. The SMILES string of the molecule is NC(CS)c1ccccn1. The van der Waals surface area contributed by atoms with Gasteiger partial charge in [0.2, 0.25) is 0 Å². The van der Waals surface area contributed by atoms with Crippen LogP contribution in [0.2, 0.25) is 0 Å². The zero-order chi connectivity index (χ0) is 7.40. The van der Waals surface area contributed by atoms with E-state index >= 15 is 0 Å². The van der Waals surface area contributed by atoms with Gasteiger partial charge in [-0.05, 0) is 12.1 Å². The van der Waals surface area contributed by atoms with Crippen LogP contribution in [0.4, 0.5) is 0 Å². The Morgan fingerprint density at radius 3 is 2.90 bits per heavy atom. The molecule has 0 spiro atoms. The van der Waals surface area contributed by atoms with Crippen molar-refractivity contribution in [1.82, 2.24) is 4.98 Å². The summed E-state index contributed by atoms with van der Waals surface area (Å²) < 4.78 is 0. The van der Waals surface area contributed by atoms with Crippen LogP contribution in [-0.4, -0.2) is 10.7 Å². The maximum absolute atomic E-state index is 5.66. The average molecular weight is 154 g/mol. The van der Waals surface area contributed by atoms with E-state index in [9.17, 15) is 0 Å². The first-order chi connectivity index (χ1) is 4.84. The van der Waals surface area contributed by atoms with Gasteiger partial charge in [-0.2, -0.15) is 12.6 Å². The molecule has 1 aromatic rings. The van der Waals surface area contributed by atoms with E-state index in [2.05, 4.69) is 17.6 Å². The van der Waals surface area contributed by atoms with Crippen molar-refractivity contribution in [2.75, 3.05) is 5.75 Å². The van der Waals surface area contributed by atoms with Gasteiger partial charge in [-0.3, -0.25) is 4.98 Å². The van der Waals surface area contributed by atoms with Gasteiger partial charge in [-0.1, -0.05) is 6.07 Å². The van der Waals surface area contributed by atoms with Crippen molar-refractivity contribution in [1.29, 1.82) is 0 Å². The molecule has 0 bridgehead atoms. The predicted octanol–water partition coefficient (Wildman–Crippen LogP) is 1.01. The summed E-state index contributed by atoms with van der Waals surface area (Å²) in [6.07, 6.45) is 1.73. The highest BCUT2D eigenvalue weighted by Gasteiger charge is 2.01. The van der Waals surface area contributed by atoms with E-state index in [4.69, 9.17) is 5.73 Å². The number of nitrogens with zero attached hydrogens (tertiary/aromatic N) is 1.